The average Bonchev–Trinajstić information content (AvgIpc) is 3.41. The van der Waals surface area contributed by atoms with E-state index in [9.17, 15) is 24.9 Å². The minimum atomic E-state index is -1.83. The number of hydrogen-bond donors (Lipinski definition) is 3. The zero-order chi connectivity index (χ0) is 33.0. The summed E-state index contributed by atoms with van der Waals surface area (Å²) >= 11 is 0. The lowest BCUT2D eigenvalue weighted by Crippen LogP contribution is -2.81. The Balaban J connectivity index is 1.53. The van der Waals surface area contributed by atoms with Crippen LogP contribution in [0, 0.1) is 34.5 Å². The molecule has 5 saturated carbocycles. The summed E-state index contributed by atoms with van der Waals surface area (Å²) in [6, 6.07) is 8.18. The van der Waals surface area contributed by atoms with Crippen LogP contribution >= 0.6 is 0 Å². The fourth-order valence-electron chi connectivity index (χ4n) is 12.3. The van der Waals surface area contributed by atoms with Gasteiger partial charge in [0.2, 0.25) is 0 Å². The molecule has 7 rings (SSSR count). The van der Waals surface area contributed by atoms with E-state index in [2.05, 4.69) is 4.90 Å². The van der Waals surface area contributed by atoms with Gasteiger partial charge in [0.05, 0.1) is 30.5 Å². The Kier molecular flexibility index (Phi) is 7.69. The topological polar surface area (TPSA) is 153 Å². The number of carbonyl (C=O) groups excluding carboxylic acids is 2. The third-order valence-electron chi connectivity index (χ3n) is 13.2. The third kappa shape index (κ3) is 3.62. The van der Waals surface area contributed by atoms with Crippen LogP contribution in [0.5, 0.6) is 0 Å². The molecule has 6 aliphatic rings. The number of rotatable bonds is 9. The predicted octanol–water partition coefficient (Wildman–Crippen LogP) is 0.648. The predicted molar refractivity (Wildman–Crippen MR) is 160 cm³/mol. The lowest BCUT2D eigenvalue weighted by atomic mass is 9.42. The summed E-state index contributed by atoms with van der Waals surface area (Å²) in [6.07, 6.45) is -5.49. The van der Waals surface area contributed by atoms with Crippen LogP contribution in [0.4, 0.5) is 0 Å². The van der Waals surface area contributed by atoms with Crippen LogP contribution in [0.25, 0.3) is 0 Å². The number of aliphatic hydroxyl groups is 3. The van der Waals surface area contributed by atoms with Crippen LogP contribution in [0.1, 0.15) is 37.0 Å². The number of methoxy groups -OCH3 is 4. The second-order valence-electron chi connectivity index (χ2n) is 14.4. The number of likely N-dealkylation sites (tertiary alicyclic amines) is 1. The summed E-state index contributed by atoms with van der Waals surface area (Å²) in [5.41, 5.74) is -4.79. The Morgan fingerprint density at radius 2 is 1.72 bits per heavy atom. The summed E-state index contributed by atoms with van der Waals surface area (Å²) in [5.74, 6) is -3.65. The maximum absolute atomic E-state index is 13.8. The summed E-state index contributed by atoms with van der Waals surface area (Å²) in [4.78, 5) is 29.3. The molecule has 6 fully saturated rings. The molecular formula is C34H47NO11. The molecule has 4 unspecified atom stereocenters. The number of hydrogen-bond acceptors (Lipinski definition) is 12. The van der Waals surface area contributed by atoms with E-state index in [0.29, 0.717) is 25.1 Å². The quantitative estimate of drug-likeness (QED) is 0.323. The van der Waals surface area contributed by atoms with E-state index in [1.165, 1.54) is 14.0 Å². The molecule has 0 amide bonds. The molecule has 1 spiro atoms. The van der Waals surface area contributed by atoms with Crippen molar-refractivity contribution in [2.45, 2.75) is 80.6 Å². The van der Waals surface area contributed by atoms with Crippen LogP contribution < -0.4 is 0 Å². The number of piperidine rings is 1. The lowest BCUT2D eigenvalue weighted by molar-refractivity contribution is -0.322. The monoisotopic (exact) mass is 645 g/mol. The summed E-state index contributed by atoms with van der Waals surface area (Å²) in [5, 5.41) is 37.3. The molecule has 1 aliphatic heterocycles. The van der Waals surface area contributed by atoms with E-state index in [1.807, 2.05) is 6.92 Å². The molecule has 1 saturated heterocycles. The molecule has 12 heteroatoms. The van der Waals surface area contributed by atoms with Crippen LogP contribution in [0.2, 0.25) is 0 Å². The van der Waals surface area contributed by atoms with Gasteiger partial charge in [0.1, 0.15) is 23.9 Å². The molecule has 12 nitrogen and oxygen atoms in total. The van der Waals surface area contributed by atoms with Crippen molar-refractivity contribution in [3.05, 3.63) is 35.9 Å². The van der Waals surface area contributed by atoms with Crippen LogP contribution in [0.3, 0.4) is 0 Å². The van der Waals surface area contributed by atoms with E-state index >= 15 is 0 Å². The first-order valence-corrected chi connectivity index (χ1v) is 16.3. The standard InChI is InChI=1S/C34H47NO11/c1-7-35-15-31(16-41-3)20(37)13-21(42-4)33-19-14-32(40)28(45-30(39)18-11-9-8-10-12-18)22(19)34(46-17(2)36,27(38)29(32)44-6)23(26(33)35)24(43-5)25(31)33/h8-12,19-29,37-38,40H,7,13-16H2,1-6H3/t19-,20-,21?,22-,23+,24?,25?,26+,27+,28-,29+,31+,32-,33?,34-/m1/s1. The molecule has 3 N–H and O–H groups in total. The molecule has 0 radical (unpaired) electrons. The highest BCUT2D eigenvalue weighted by Crippen LogP contribution is 2.80. The third-order valence-corrected chi connectivity index (χ3v) is 13.2. The highest BCUT2D eigenvalue weighted by Gasteiger charge is 2.92. The molecule has 1 aromatic carbocycles. The van der Waals surface area contributed by atoms with Crippen molar-refractivity contribution in [2.75, 3.05) is 48.1 Å². The normalized spacial score (nSPS) is 49.9. The van der Waals surface area contributed by atoms with Crippen LogP contribution in [-0.2, 0) is 33.2 Å². The molecule has 1 aromatic rings. The number of fused-ring (bicyclic) bond motifs is 2. The Bertz CT molecular complexity index is 1360. The first-order valence-electron chi connectivity index (χ1n) is 16.3. The summed E-state index contributed by atoms with van der Waals surface area (Å²) < 4.78 is 37.4. The van der Waals surface area contributed by atoms with E-state index < -0.39 is 88.3 Å². The number of benzene rings is 1. The Hall–Kier alpha value is -2.16. The number of nitrogens with zero attached hydrogens (tertiary/aromatic N) is 1. The van der Waals surface area contributed by atoms with Crippen molar-refractivity contribution < 1.29 is 53.3 Å². The van der Waals surface area contributed by atoms with Gasteiger partial charge < -0.3 is 43.7 Å². The lowest BCUT2D eigenvalue weighted by Gasteiger charge is -2.70. The Morgan fingerprint density at radius 1 is 1.00 bits per heavy atom. The van der Waals surface area contributed by atoms with E-state index in [0.717, 1.165) is 0 Å². The number of ether oxygens (including phenoxy) is 6. The largest absolute Gasteiger partial charge is 0.455 e. The molecule has 15 atom stereocenters. The molecule has 46 heavy (non-hydrogen) atoms. The summed E-state index contributed by atoms with van der Waals surface area (Å²) in [6.45, 7) is 4.68. The Labute approximate surface area is 269 Å². The van der Waals surface area contributed by atoms with Gasteiger partial charge in [-0.15, -0.1) is 0 Å². The maximum Gasteiger partial charge on any atom is 0.338 e. The van der Waals surface area contributed by atoms with Crippen molar-refractivity contribution in [3.63, 3.8) is 0 Å². The number of aliphatic hydroxyl groups excluding tert-OH is 2. The highest BCUT2D eigenvalue weighted by molar-refractivity contribution is 5.89. The molecule has 1 heterocycles. The average molecular weight is 646 g/mol. The van der Waals surface area contributed by atoms with E-state index in [1.54, 1.807) is 51.7 Å². The van der Waals surface area contributed by atoms with Gasteiger partial charge in [-0.1, -0.05) is 25.1 Å². The minimum Gasteiger partial charge on any atom is -0.455 e. The Morgan fingerprint density at radius 3 is 2.30 bits per heavy atom. The molecule has 254 valence electrons. The van der Waals surface area contributed by atoms with E-state index in [4.69, 9.17) is 28.4 Å². The van der Waals surface area contributed by atoms with Gasteiger partial charge in [-0.3, -0.25) is 9.69 Å². The van der Waals surface area contributed by atoms with Crippen LogP contribution in [0.15, 0.2) is 30.3 Å². The van der Waals surface area contributed by atoms with Gasteiger partial charge in [0.15, 0.2) is 5.60 Å². The van der Waals surface area contributed by atoms with Crippen LogP contribution in [-0.4, -0.2) is 134 Å². The first-order chi connectivity index (χ1) is 22.0. The maximum atomic E-state index is 13.8. The second-order valence-corrected chi connectivity index (χ2v) is 14.4. The minimum absolute atomic E-state index is 0.0791. The second kappa shape index (κ2) is 10.9. The SMILES string of the molecule is CCN1C[C@@]2(COC)C3C(OC)[C@H]4[C@H]1C3(C(OC)C[C@H]2O)[C@@H]1C[C@@]2(O)[C@H](OC(=O)c3ccccc3)[C@@H]1[C@]4(OC(C)=O)[C@@H](O)[C@@H]2OC. The first kappa shape index (κ1) is 32.4. The van der Waals surface area contributed by atoms with E-state index in [-0.39, 0.29) is 25.0 Å². The molecule has 7 bridgehead atoms. The van der Waals surface area contributed by atoms with Gasteiger partial charge in [-0.05, 0) is 31.0 Å². The number of esters is 2. The van der Waals surface area contributed by atoms with Gasteiger partial charge in [0, 0.05) is 83.0 Å². The van der Waals surface area contributed by atoms with Crippen molar-refractivity contribution in [3.8, 4) is 0 Å². The smallest absolute Gasteiger partial charge is 0.338 e. The molecule has 5 aliphatic carbocycles. The van der Waals surface area contributed by atoms with Crippen molar-refractivity contribution >= 4 is 11.9 Å². The summed E-state index contributed by atoms with van der Waals surface area (Å²) in [7, 11) is 6.27. The number of carbonyl (C=O) groups is 2. The van der Waals surface area contributed by atoms with Crippen molar-refractivity contribution in [2.24, 2.45) is 34.5 Å². The highest BCUT2D eigenvalue weighted by atomic mass is 16.6. The fourth-order valence-corrected chi connectivity index (χ4v) is 12.3. The van der Waals surface area contributed by atoms with Crippen molar-refractivity contribution in [1.82, 2.24) is 4.90 Å². The van der Waals surface area contributed by atoms with Gasteiger partial charge in [0.25, 0.3) is 0 Å². The zero-order valence-electron chi connectivity index (χ0n) is 27.3. The van der Waals surface area contributed by atoms with Gasteiger partial charge >= 0.3 is 11.9 Å². The van der Waals surface area contributed by atoms with Gasteiger partial charge in [-0.25, -0.2) is 4.79 Å². The van der Waals surface area contributed by atoms with Gasteiger partial charge in [-0.2, -0.15) is 0 Å². The zero-order valence-corrected chi connectivity index (χ0v) is 27.3. The van der Waals surface area contributed by atoms with Crippen molar-refractivity contribution in [1.29, 1.82) is 0 Å². The molecular weight excluding hydrogens is 598 g/mol. The molecule has 0 aromatic heterocycles. The fraction of sp³-hybridized carbons (Fsp3) is 0.765.